The van der Waals surface area contributed by atoms with E-state index in [9.17, 15) is 4.79 Å². The van der Waals surface area contributed by atoms with Gasteiger partial charge in [0.05, 0.1) is 20.8 Å². The van der Waals surface area contributed by atoms with E-state index < -0.39 is 5.92 Å². The van der Waals surface area contributed by atoms with Crippen LogP contribution in [0, 0.1) is 0 Å². The molecule has 0 bridgehead atoms. The molecule has 130 valence electrons. The van der Waals surface area contributed by atoms with Crippen molar-refractivity contribution in [3.05, 3.63) is 59.8 Å². The maximum Gasteiger partial charge on any atom is 0.318 e. The number of H-pyrrole nitrogens is 1. The van der Waals surface area contributed by atoms with Gasteiger partial charge in [-0.3, -0.25) is 4.79 Å². The van der Waals surface area contributed by atoms with Crippen molar-refractivity contribution >= 4 is 16.9 Å². The quantitative estimate of drug-likeness (QED) is 0.692. The molecule has 0 aliphatic carbocycles. The number of carbonyl (C=O) groups excluding carboxylic acids is 1. The molecule has 5 heteroatoms. The Morgan fingerprint density at radius 3 is 2.60 bits per heavy atom. The van der Waals surface area contributed by atoms with E-state index in [1.54, 1.807) is 27.2 Å². The molecular weight excluding hydrogens is 318 g/mol. The number of methoxy groups -OCH3 is 2. The molecule has 1 N–H and O–H groups in total. The van der Waals surface area contributed by atoms with Gasteiger partial charge in [-0.2, -0.15) is 0 Å². The van der Waals surface area contributed by atoms with Crippen molar-refractivity contribution in [2.45, 2.75) is 12.8 Å². The number of hydrogen-bond acceptors (Lipinski definition) is 4. The average molecular weight is 339 g/mol. The molecule has 0 aliphatic rings. The smallest absolute Gasteiger partial charge is 0.318 e. The summed E-state index contributed by atoms with van der Waals surface area (Å²) >= 11 is 0. The number of rotatable bonds is 6. The van der Waals surface area contributed by atoms with E-state index in [2.05, 4.69) is 4.98 Å². The van der Waals surface area contributed by atoms with Crippen molar-refractivity contribution < 1.29 is 19.0 Å². The number of benzene rings is 2. The van der Waals surface area contributed by atoms with E-state index in [1.807, 2.05) is 42.6 Å². The molecule has 3 aromatic rings. The minimum absolute atomic E-state index is 0.310. The Hall–Kier alpha value is -2.95. The summed E-state index contributed by atoms with van der Waals surface area (Å²) in [7, 11) is 3.17. The van der Waals surface area contributed by atoms with Gasteiger partial charge in [-0.15, -0.1) is 0 Å². The molecule has 1 heterocycles. The molecule has 0 aliphatic heterocycles. The van der Waals surface area contributed by atoms with Crippen molar-refractivity contribution in [3.8, 4) is 11.5 Å². The Bertz CT molecular complexity index is 884. The molecule has 0 amide bonds. The predicted octanol–water partition coefficient (Wildman–Crippen LogP) is 3.88. The zero-order valence-electron chi connectivity index (χ0n) is 14.5. The third-order valence-electron chi connectivity index (χ3n) is 4.21. The number of para-hydroxylation sites is 1. The molecule has 0 saturated carbocycles. The van der Waals surface area contributed by atoms with Crippen LogP contribution >= 0.6 is 0 Å². The number of carbonyl (C=O) groups is 1. The van der Waals surface area contributed by atoms with Gasteiger partial charge in [0.15, 0.2) is 0 Å². The Balaban J connectivity index is 2.18. The molecule has 3 rings (SSSR count). The van der Waals surface area contributed by atoms with Crippen LogP contribution in [0.5, 0.6) is 11.5 Å². The fourth-order valence-corrected chi connectivity index (χ4v) is 3.04. The first-order valence-corrected chi connectivity index (χ1v) is 8.14. The fraction of sp³-hybridized carbons (Fsp3) is 0.250. The van der Waals surface area contributed by atoms with E-state index in [1.165, 1.54) is 0 Å². The van der Waals surface area contributed by atoms with Crippen molar-refractivity contribution in [2.75, 3.05) is 20.8 Å². The lowest BCUT2D eigenvalue weighted by Crippen LogP contribution is -2.18. The van der Waals surface area contributed by atoms with Crippen LogP contribution in [0.1, 0.15) is 24.0 Å². The summed E-state index contributed by atoms with van der Waals surface area (Å²) in [6.07, 6.45) is 1.86. The van der Waals surface area contributed by atoms with Crippen LogP contribution in [0.25, 0.3) is 10.9 Å². The number of fused-ring (bicyclic) bond motifs is 1. The van der Waals surface area contributed by atoms with E-state index in [0.29, 0.717) is 18.1 Å². The number of aromatic nitrogens is 1. The molecule has 0 spiro atoms. The lowest BCUT2D eigenvalue weighted by Gasteiger charge is -2.19. The number of esters is 1. The fourth-order valence-electron chi connectivity index (χ4n) is 3.04. The second-order valence-corrected chi connectivity index (χ2v) is 5.58. The van der Waals surface area contributed by atoms with Gasteiger partial charge in [-0.05, 0) is 24.6 Å². The van der Waals surface area contributed by atoms with Gasteiger partial charge in [-0.25, -0.2) is 0 Å². The molecule has 1 unspecified atom stereocenters. The Morgan fingerprint density at radius 2 is 1.88 bits per heavy atom. The van der Waals surface area contributed by atoms with E-state index in [0.717, 1.165) is 22.0 Å². The highest BCUT2D eigenvalue weighted by Gasteiger charge is 2.29. The van der Waals surface area contributed by atoms with Crippen molar-refractivity contribution in [3.63, 3.8) is 0 Å². The highest BCUT2D eigenvalue weighted by atomic mass is 16.5. The Morgan fingerprint density at radius 1 is 1.08 bits per heavy atom. The normalized spacial score (nSPS) is 12.0. The maximum atomic E-state index is 12.8. The van der Waals surface area contributed by atoms with Crippen molar-refractivity contribution in [2.24, 2.45) is 0 Å². The Kier molecular flexibility index (Phi) is 4.93. The van der Waals surface area contributed by atoms with E-state index in [-0.39, 0.29) is 5.97 Å². The van der Waals surface area contributed by atoms with Crippen molar-refractivity contribution in [1.82, 2.24) is 4.98 Å². The summed E-state index contributed by atoms with van der Waals surface area (Å²) in [5.41, 5.74) is 2.57. The summed E-state index contributed by atoms with van der Waals surface area (Å²) in [4.78, 5) is 16.0. The van der Waals surface area contributed by atoms with Gasteiger partial charge in [0, 0.05) is 28.7 Å². The predicted molar refractivity (Wildman–Crippen MR) is 96.3 cm³/mol. The van der Waals surface area contributed by atoms with Crippen LogP contribution in [-0.2, 0) is 9.53 Å². The maximum absolute atomic E-state index is 12.8. The van der Waals surface area contributed by atoms with Gasteiger partial charge in [-0.1, -0.05) is 24.3 Å². The minimum atomic E-state index is -0.586. The van der Waals surface area contributed by atoms with Crippen molar-refractivity contribution in [1.29, 1.82) is 0 Å². The lowest BCUT2D eigenvalue weighted by molar-refractivity contribution is -0.143. The van der Waals surface area contributed by atoms with Gasteiger partial charge < -0.3 is 19.2 Å². The third kappa shape index (κ3) is 3.18. The first-order chi connectivity index (χ1) is 12.2. The molecule has 0 saturated heterocycles. The van der Waals surface area contributed by atoms with E-state index in [4.69, 9.17) is 14.2 Å². The minimum Gasteiger partial charge on any atom is -0.497 e. The van der Waals surface area contributed by atoms with Crippen LogP contribution in [0.4, 0.5) is 0 Å². The zero-order chi connectivity index (χ0) is 17.8. The lowest BCUT2D eigenvalue weighted by atomic mass is 9.90. The topological polar surface area (TPSA) is 60.6 Å². The molecule has 25 heavy (non-hydrogen) atoms. The summed E-state index contributed by atoms with van der Waals surface area (Å²) in [6, 6.07) is 13.3. The molecule has 0 fully saturated rings. The molecule has 1 aromatic heterocycles. The summed E-state index contributed by atoms with van der Waals surface area (Å²) in [5, 5.41) is 0.985. The van der Waals surface area contributed by atoms with Gasteiger partial charge in [0.2, 0.25) is 0 Å². The third-order valence-corrected chi connectivity index (χ3v) is 4.21. The average Bonchev–Trinajstić information content (AvgIpc) is 3.06. The second kappa shape index (κ2) is 7.30. The number of ether oxygens (including phenoxy) is 3. The number of hydrogen-bond donors (Lipinski definition) is 1. The highest BCUT2D eigenvalue weighted by molar-refractivity contribution is 5.92. The molecule has 5 nitrogen and oxygen atoms in total. The largest absolute Gasteiger partial charge is 0.497 e. The molecular formula is C20H21NO4. The first-order valence-electron chi connectivity index (χ1n) is 8.14. The van der Waals surface area contributed by atoms with Gasteiger partial charge in [0.1, 0.15) is 17.4 Å². The monoisotopic (exact) mass is 339 g/mol. The molecule has 2 aromatic carbocycles. The SMILES string of the molecule is CCOC(=O)C(c1ccc(OC)cc1OC)c1c[nH]c2ccccc12. The van der Waals surface area contributed by atoms with Crippen LogP contribution in [0.2, 0.25) is 0 Å². The van der Waals surface area contributed by atoms with Gasteiger partial charge >= 0.3 is 5.97 Å². The van der Waals surface area contributed by atoms with Crippen LogP contribution in [0.15, 0.2) is 48.7 Å². The Labute approximate surface area is 146 Å². The second-order valence-electron chi connectivity index (χ2n) is 5.58. The van der Waals surface area contributed by atoms with Gasteiger partial charge in [0.25, 0.3) is 0 Å². The number of nitrogens with one attached hydrogen (secondary N) is 1. The summed E-state index contributed by atoms with van der Waals surface area (Å²) in [6.45, 7) is 2.12. The van der Waals surface area contributed by atoms with Crippen LogP contribution in [0.3, 0.4) is 0 Å². The zero-order valence-corrected chi connectivity index (χ0v) is 14.5. The molecule has 1 atom stereocenters. The standard InChI is InChI=1S/C20H21NO4/c1-4-25-20(22)19(15-10-9-13(23-2)11-18(15)24-3)16-12-21-17-8-6-5-7-14(16)17/h5-12,19,21H,4H2,1-3H3. The first kappa shape index (κ1) is 16.9. The van der Waals surface area contributed by atoms with Crippen LogP contribution in [-0.4, -0.2) is 31.8 Å². The molecule has 0 radical (unpaired) electrons. The summed E-state index contributed by atoms with van der Waals surface area (Å²) in [5.74, 6) is 0.359. The number of aromatic amines is 1. The highest BCUT2D eigenvalue weighted by Crippen LogP contribution is 2.38. The van der Waals surface area contributed by atoms with Crippen LogP contribution < -0.4 is 9.47 Å². The summed E-state index contributed by atoms with van der Waals surface area (Å²) < 4.78 is 16.1. The van der Waals surface area contributed by atoms with E-state index >= 15 is 0 Å².